The maximum atomic E-state index is 11.7. The molecular weight excluding hydrogens is 250 g/mol. The van der Waals surface area contributed by atoms with Crippen molar-refractivity contribution in [1.29, 1.82) is 0 Å². The van der Waals surface area contributed by atoms with Gasteiger partial charge in [-0.25, -0.2) is 0 Å². The van der Waals surface area contributed by atoms with Crippen LogP contribution in [0.5, 0.6) is 0 Å². The molecule has 0 saturated heterocycles. The van der Waals surface area contributed by atoms with Crippen molar-refractivity contribution < 1.29 is 9.90 Å². The van der Waals surface area contributed by atoms with E-state index in [4.69, 9.17) is 17.3 Å². The van der Waals surface area contributed by atoms with Gasteiger partial charge in [0.25, 0.3) is 5.91 Å². The molecule has 3 nitrogen and oxygen atoms in total. The minimum atomic E-state index is -1.87. The highest BCUT2D eigenvalue weighted by Crippen LogP contribution is 2.30. The summed E-state index contributed by atoms with van der Waals surface area (Å²) in [6.45, 7) is 0. The van der Waals surface area contributed by atoms with E-state index >= 15 is 0 Å². The third-order valence-electron chi connectivity index (χ3n) is 2.79. The number of carbonyl (C=O) groups is 1. The maximum Gasteiger partial charge on any atom is 0.258 e. The van der Waals surface area contributed by atoms with Crippen molar-refractivity contribution in [2.75, 3.05) is 0 Å². The Balaban J connectivity index is 2.62. The summed E-state index contributed by atoms with van der Waals surface area (Å²) in [5, 5.41) is 11.1. The summed E-state index contributed by atoms with van der Waals surface area (Å²) in [5.74, 6) is -0.837. The van der Waals surface area contributed by atoms with Gasteiger partial charge in [-0.15, -0.1) is 0 Å². The van der Waals surface area contributed by atoms with Gasteiger partial charge < -0.3 is 10.8 Å². The zero-order valence-corrected chi connectivity index (χ0v) is 10.3. The third kappa shape index (κ3) is 2.10. The zero-order chi connectivity index (χ0) is 13.2. The molecule has 0 bridgehead atoms. The lowest BCUT2D eigenvalue weighted by Gasteiger charge is -2.25. The van der Waals surface area contributed by atoms with Gasteiger partial charge in [0.1, 0.15) is 0 Å². The average molecular weight is 262 g/mol. The second kappa shape index (κ2) is 4.80. The van der Waals surface area contributed by atoms with E-state index in [1.54, 1.807) is 48.5 Å². The van der Waals surface area contributed by atoms with Gasteiger partial charge in [0.2, 0.25) is 0 Å². The molecule has 0 aromatic heterocycles. The van der Waals surface area contributed by atoms with Gasteiger partial charge in [-0.3, -0.25) is 4.79 Å². The SMILES string of the molecule is NC(=O)C(O)(c1ccccc1)c1cccc(Cl)c1. The number of aliphatic hydroxyl groups is 1. The molecule has 0 heterocycles. The van der Waals surface area contributed by atoms with Crippen molar-refractivity contribution in [3.63, 3.8) is 0 Å². The van der Waals surface area contributed by atoms with Crippen LogP contribution in [-0.2, 0) is 10.4 Å². The standard InChI is InChI=1S/C14H12ClNO2/c15-12-8-4-7-11(9-12)14(18,13(16)17)10-5-2-1-3-6-10/h1-9,18H,(H2,16,17). The Kier molecular flexibility index (Phi) is 3.36. The van der Waals surface area contributed by atoms with Gasteiger partial charge in [0, 0.05) is 5.02 Å². The second-order valence-electron chi connectivity index (χ2n) is 3.95. The molecule has 0 aliphatic heterocycles. The summed E-state index contributed by atoms with van der Waals surface area (Å²) in [5.41, 5.74) is 4.26. The van der Waals surface area contributed by atoms with E-state index < -0.39 is 11.5 Å². The first-order valence-electron chi connectivity index (χ1n) is 5.39. The van der Waals surface area contributed by atoms with Crippen LogP contribution in [0.15, 0.2) is 54.6 Å². The number of carbonyl (C=O) groups excluding carboxylic acids is 1. The topological polar surface area (TPSA) is 63.3 Å². The number of benzene rings is 2. The fourth-order valence-corrected chi connectivity index (χ4v) is 2.03. The Bertz CT molecular complexity index is 571. The van der Waals surface area contributed by atoms with Crippen LogP contribution >= 0.6 is 11.6 Å². The molecule has 0 radical (unpaired) electrons. The van der Waals surface area contributed by atoms with Gasteiger partial charge in [-0.1, -0.05) is 54.1 Å². The number of nitrogens with two attached hydrogens (primary N) is 1. The predicted molar refractivity (Wildman–Crippen MR) is 70.1 cm³/mol. The number of hydrogen-bond donors (Lipinski definition) is 2. The number of amides is 1. The van der Waals surface area contributed by atoms with Crippen molar-refractivity contribution in [2.24, 2.45) is 5.73 Å². The first-order valence-corrected chi connectivity index (χ1v) is 5.77. The lowest BCUT2D eigenvalue weighted by atomic mass is 9.86. The van der Waals surface area contributed by atoms with Gasteiger partial charge in [-0.2, -0.15) is 0 Å². The smallest absolute Gasteiger partial charge is 0.258 e. The highest BCUT2D eigenvalue weighted by molar-refractivity contribution is 6.30. The minimum Gasteiger partial charge on any atom is -0.372 e. The van der Waals surface area contributed by atoms with E-state index in [0.29, 0.717) is 16.1 Å². The molecular formula is C14H12ClNO2. The molecule has 4 heteroatoms. The Hall–Kier alpha value is -1.84. The fraction of sp³-hybridized carbons (Fsp3) is 0.0714. The van der Waals surface area contributed by atoms with E-state index in [1.807, 2.05) is 0 Å². The molecule has 1 unspecified atom stereocenters. The highest BCUT2D eigenvalue weighted by atomic mass is 35.5. The van der Waals surface area contributed by atoms with Gasteiger partial charge in [0.15, 0.2) is 5.60 Å². The van der Waals surface area contributed by atoms with Crippen molar-refractivity contribution in [1.82, 2.24) is 0 Å². The summed E-state index contributed by atoms with van der Waals surface area (Å²) in [4.78, 5) is 11.7. The molecule has 0 aliphatic carbocycles. The van der Waals surface area contributed by atoms with Crippen molar-refractivity contribution in [3.05, 3.63) is 70.7 Å². The zero-order valence-electron chi connectivity index (χ0n) is 9.51. The van der Waals surface area contributed by atoms with Crippen molar-refractivity contribution in [3.8, 4) is 0 Å². The quantitative estimate of drug-likeness (QED) is 0.888. The monoisotopic (exact) mass is 261 g/mol. The van der Waals surface area contributed by atoms with Crippen LogP contribution in [0, 0.1) is 0 Å². The van der Waals surface area contributed by atoms with Crippen LogP contribution in [0.2, 0.25) is 5.02 Å². The molecule has 0 fully saturated rings. The first kappa shape index (κ1) is 12.6. The van der Waals surface area contributed by atoms with Crippen molar-refractivity contribution >= 4 is 17.5 Å². The fourth-order valence-electron chi connectivity index (χ4n) is 1.84. The predicted octanol–water partition coefficient (Wildman–Crippen LogP) is 2.06. The number of halogens is 1. The molecule has 18 heavy (non-hydrogen) atoms. The molecule has 0 aliphatic rings. The molecule has 0 saturated carbocycles. The molecule has 1 amide bonds. The highest BCUT2D eigenvalue weighted by Gasteiger charge is 2.38. The number of primary amides is 1. The molecule has 2 aromatic rings. The molecule has 92 valence electrons. The Labute approximate surface area is 110 Å². The normalized spacial score (nSPS) is 13.9. The first-order chi connectivity index (χ1) is 8.55. The Morgan fingerprint density at radius 2 is 1.67 bits per heavy atom. The lowest BCUT2D eigenvalue weighted by molar-refractivity contribution is -0.133. The van der Waals surface area contributed by atoms with Crippen LogP contribution in [0.25, 0.3) is 0 Å². The molecule has 3 N–H and O–H groups in total. The summed E-state index contributed by atoms with van der Waals surface area (Å²) in [7, 11) is 0. The average Bonchev–Trinajstić information content (AvgIpc) is 2.38. The minimum absolute atomic E-state index is 0.355. The second-order valence-corrected chi connectivity index (χ2v) is 4.39. The van der Waals surface area contributed by atoms with E-state index in [9.17, 15) is 9.90 Å². The summed E-state index contributed by atoms with van der Waals surface area (Å²) >= 11 is 5.88. The van der Waals surface area contributed by atoms with Gasteiger partial charge in [0.05, 0.1) is 0 Å². The van der Waals surface area contributed by atoms with Crippen LogP contribution in [-0.4, -0.2) is 11.0 Å². The largest absolute Gasteiger partial charge is 0.372 e. The Morgan fingerprint density at radius 3 is 2.22 bits per heavy atom. The summed E-state index contributed by atoms with van der Waals surface area (Å²) < 4.78 is 0. The summed E-state index contributed by atoms with van der Waals surface area (Å²) in [6.07, 6.45) is 0. The van der Waals surface area contributed by atoms with E-state index in [0.717, 1.165) is 0 Å². The van der Waals surface area contributed by atoms with Crippen LogP contribution in [0.4, 0.5) is 0 Å². The molecule has 0 spiro atoms. The maximum absolute atomic E-state index is 11.7. The van der Waals surface area contributed by atoms with E-state index in [1.165, 1.54) is 6.07 Å². The van der Waals surface area contributed by atoms with E-state index in [2.05, 4.69) is 0 Å². The van der Waals surface area contributed by atoms with Crippen LogP contribution in [0.1, 0.15) is 11.1 Å². The Morgan fingerprint density at radius 1 is 1.06 bits per heavy atom. The number of rotatable bonds is 3. The van der Waals surface area contributed by atoms with Gasteiger partial charge >= 0.3 is 0 Å². The molecule has 1 atom stereocenters. The van der Waals surface area contributed by atoms with Gasteiger partial charge in [-0.05, 0) is 23.3 Å². The van der Waals surface area contributed by atoms with Crippen LogP contribution < -0.4 is 5.73 Å². The molecule has 2 rings (SSSR count). The van der Waals surface area contributed by atoms with Crippen molar-refractivity contribution in [2.45, 2.75) is 5.60 Å². The lowest BCUT2D eigenvalue weighted by Crippen LogP contribution is -2.42. The summed E-state index contributed by atoms with van der Waals surface area (Å²) in [6, 6.07) is 15.0. The molecule has 2 aromatic carbocycles. The van der Waals surface area contributed by atoms with Crippen LogP contribution in [0.3, 0.4) is 0 Å². The third-order valence-corrected chi connectivity index (χ3v) is 3.03. The number of hydrogen-bond acceptors (Lipinski definition) is 2. The van der Waals surface area contributed by atoms with E-state index in [-0.39, 0.29) is 0 Å².